The molecule has 0 saturated carbocycles. The molecule has 3 aromatic rings. The molecule has 0 bridgehead atoms. The van der Waals surface area contributed by atoms with E-state index in [1.54, 1.807) is 16.9 Å². The molecule has 0 unspecified atom stereocenters. The van der Waals surface area contributed by atoms with Gasteiger partial charge in [-0.3, -0.25) is 4.98 Å². The molecule has 1 N–H and O–H groups in total. The molecule has 0 aliphatic heterocycles. The predicted octanol–water partition coefficient (Wildman–Crippen LogP) is 1.89. The van der Waals surface area contributed by atoms with Crippen molar-refractivity contribution >= 4 is 27.4 Å². The van der Waals surface area contributed by atoms with Crippen LogP contribution in [-0.2, 0) is 6.54 Å². The highest BCUT2D eigenvalue weighted by molar-refractivity contribution is 9.10. The average Bonchev–Trinajstić information content (AvgIpc) is 2.87. The second-order valence-electron chi connectivity index (χ2n) is 3.72. The second kappa shape index (κ2) is 4.69. The van der Waals surface area contributed by atoms with Crippen LogP contribution in [0, 0.1) is 0 Å². The second-order valence-corrected chi connectivity index (χ2v) is 4.64. The third-order valence-electron chi connectivity index (χ3n) is 2.50. The van der Waals surface area contributed by atoms with Crippen molar-refractivity contribution in [2.75, 3.05) is 5.32 Å². The fourth-order valence-corrected chi connectivity index (χ4v) is 1.86. The molecule has 0 spiro atoms. The number of aromatic nitrogens is 5. The standard InChI is InChI=1S/C11H9BrN6/c12-9-3-1-8(2-4-9)5-14-10-6-13-7-11-15-16-17-18(10)11/h1-4,6-7,14H,5H2. The minimum absolute atomic E-state index is 0.621. The summed E-state index contributed by atoms with van der Waals surface area (Å²) in [5.41, 5.74) is 1.79. The number of hydrogen-bond donors (Lipinski definition) is 1. The van der Waals surface area contributed by atoms with E-state index >= 15 is 0 Å². The zero-order chi connectivity index (χ0) is 12.4. The molecule has 0 saturated heterocycles. The van der Waals surface area contributed by atoms with Gasteiger partial charge in [0, 0.05) is 11.0 Å². The van der Waals surface area contributed by atoms with Crippen LogP contribution in [0.3, 0.4) is 0 Å². The van der Waals surface area contributed by atoms with Crippen LogP contribution < -0.4 is 5.32 Å². The lowest BCUT2D eigenvalue weighted by Gasteiger charge is -2.06. The van der Waals surface area contributed by atoms with Crippen LogP contribution in [-0.4, -0.2) is 25.0 Å². The maximum Gasteiger partial charge on any atom is 0.199 e. The summed E-state index contributed by atoms with van der Waals surface area (Å²) in [6.07, 6.45) is 3.31. The first-order chi connectivity index (χ1) is 8.83. The van der Waals surface area contributed by atoms with E-state index in [0.717, 1.165) is 10.3 Å². The van der Waals surface area contributed by atoms with Gasteiger partial charge < -0.3 is 5.32 Å². The Morgan fingerprint density at radius 2 is 2.00 bits per heavy atom. The molecular formula is C11H9BrN6. The molecule has 1 aromatic carbocycles. The lowest BCUT2D eigenvalue weighted by Crippen LogP contribution is -2.05. The van der Waals surface area contributed by atoms with Crippen molar-refractivity contribution in [3.05, 3.63) is 46.7 Å². The van der Waals surface area contributed by atoms with Gasteiger partial charge in [-0.15, -0.1) is 5.10 Å². The number of halogens is 1. The van der Waals surface area contributed by atoms with Gasteiger partial charge in [0.15, 0.2) is 11.5 Å². The monoisotopic (exact) mass is 304 g/mol. The number of nitrogens with one attached hydrogen (secondary N) is 1. The van der Waals surface area contributed by atoms with E-state index < -0.39 is 0 Å². The lowest BCUT2D eigenvalue weighted by molar-refractivity contribution is 0.819. The largest absolute Gasteiger partial charge is 0.365 e. The summed E-state index contributed by atoms with van der Waals surface area (Å²) in [5.74, 6) is 0.764. The van der Waals surface area contributed by atoms with E-state index in [9.17, 15) is 0 Å². The number of tetrazole rings is 1. The van der Waals surface area contributed by atoms with Crippen molar-refractivity contribution in [1.82, 2.24) is 25.0 Å². The first-order valence-electron chi connectivity index (χ1n) is 5.33. The van der Waals surface area contributed by atoms with Crippen LogP contribution in [0.2, 0.25) is 0 Å². The molecule has 6 nitrogen and oxygen atoms in total. The maximum absolute atomic E-state index is 4.08. The molecule has 7 heteroatoms. The fraction of sp³-hybridized carbons (Fsp3) is 0.0909. The SMILES string of the molecule is Brc1ccc(CNc2cncc3nnnn23)cc1. The van der Waals surface area contributed by atoms with Gasteiger partial charge in [0.25, 0.3) is 0 Å². The van der Waals surface area contributed by atoms with Crippen LogP contribution >= 0.6 is 15.9 Å². The molecule has 0 amide bonds. The summed E-state index contributed by atoms with van der Waals surface area (Å²) in [5, 5.41) is 14.6. The van der Waals surface area contributed by atoms with E-state index in [-0.39, 0.29) is 0 Å². The highest BCUT2D eigenvalue weighted by Gasteiger charge is 2.03. The van der Waals surface area contributed by atoms with Gasteiger partial charge >= 0.3 is 0 Å². The number of nitrogens with zero attached hydrogens (tertiary/aromatic N) is 5. The third kappa shape index (κ3) is 2.17. The van der Waals surface area contributed by atoms with Crippen LogP contribution in [0.15, 0.2) is 41.1 Å². The summed E-state index contributed by atoms with van der Waals surface area (Å²) in [6, 6.07) is 8.11. The average molecular weight is 305 g/mol. The smallest absolute Gasteiger partial charge is 0.199 e. The number of anilines is 1. The summed E-state index contributed by atoms with van der Waals surface area (Å²) >= 11 is 3.41. The van der Waals surface area contributed by atoms with Crippen LogP contribution in [0.4, 0.5) is 5.82 Å². The molecular weight excluding hydrogens is 296 g/mol. The van der Waals surface area contributed by atoms with E-state index in [2.05, 4.69) is 41.8 Å². The summed E-state index contributed by atoms with van der Waals surface area (Å²) in [6.45, 7) is 0.688. The first kappa shape index (κ1) is 11.1. The van der Waals surface area contributed by atoms with Gasteiger partial charge in [-0.05, 0) is 28.1 Å². The maximum atomic E-state index is 4.08. The van der Waals surface area contributed by atoms with Gasteiger partial charge in [0.2, 0.25) is 0 Å². The minimum Gasteiger partial charge on any atom is -0.365 e. The lowest BCUT2D eigenvalue weighted by atomic mass is 10.2. The van der Waals surface area contributed by atoms with Gasteiger partial charge in [-0.1, -0.05) is 28.1 Å². The number of hydrogen-bond acceptors (Lipinski definition) is 5. The Labute approximate surface area is 111 Å². The Balaban J connectivity index is 1.80. The normalized spacial score (nSPS) is 10.7. The van der Waals surface area contributed by atoms with E-state index in [0.29, 0.717) is 12.2 Å². The Morgan fingerprint density at radius 3 is 2.83 bits per heavy atom. The molecule has 0 fully saturated rings. The van der Waals surface area contributed by atoms with Crippen LogP contribution in [0.5, 0.6) is 0 Å². The molecule has 2 heterocycles. The van der Waals surface area contributed by atoms with Crippen molar-refractivity contribution in [2.24, 2.45) is 0 Å². The number of benzene rings is 1. The Bertz CT molecular complexity index is 663. The van der Waals surface area contributed by atoms with E-state index in [1.165, 1.54) is 5.56 Å². The van der Waals surface area contributed by atoms with Crippen molar-refractivity contribution in [1.29, 1.82) is 0 Å². The predicted molar refractivity (Wildman–Crippen MR) is 70.0 cm³/mol. The van der Waals surface area contributed by atoms with Crippen molar-refractivity contribution < 1.29 is 0 Å². The molecule has 2 aromatic heterocycles. The quantitative estimate of drug-likeness (QED) is 0.800. The molecule has 0 aliphatic carbocycles. The molecule has 0 radical (unpaired) electrons. The van der Waals surface area contributed by atoms with Crippen molar-refractivity contribution in [3.63, 3.8) is 0 Å². The minimum atomic E-state index is 0.621. The van der Waals surface area contributed by atoms with Gasteiger partial charge in [-0.2, -0.15) is 4.52 Å². The zero-order valence-electron chi connectivity index (χ0n) is 9.29. The van der Waals surface area contributed by atoms with E-state index in [4.69, 9.17) is 0 Å². The topological polar surface area (TPSA) is 68.0 Å². The molecule has 18 heavy (non-hydrogen) atoms. The Morgan fingerprint density at radius 1 is 1.17 bits per heavy atom. The Hall–Kier alpha value is -2.02. The number of fused-ring (bicyclic) bond motifs is 1. The van der Waals surface area contributed by atoms with Crippen molar-refractivity contribution in [3.8, 4) is 0 Å². The van der Waals surface area contributed by atoms with Gasteiger partial charge in [0.05, 0.1) is 12.4 Å². The highest BCUT2D eigenvalue weighted by Crippen LogP contribution is 2.12. The Kier molecular flexibility index (Phi) is 2.89. The summed E-state index contributed by atoms with van der Waals surface area (Å²) in [7, 11) is 0. The summed E-state index contributed by atoms with van der Waals surface area (Å²) < 4.78 is 2.68. The van der Waals surface area contributed by atoms with Gasteiger partial charge in [0.1, 0.15) is 0 Å². The first-order valence-corrected chi connectivity index (χ1v) is 6.13. The van der Waals surface area contributed by atoms with Gasteiger partial charge in [-0.25, -0.2) is 0 Å². The molecule has 0 atom stereocenters. The van der Waals surface area contributed by atoms with Crippen LogP contribution in [0.1, 0.15) is 5.56 Å². The third-order valence-corrected chi connectivity index (χ3v) is 3.02. The number of rotatable bonds is 3. The summed E-state index contributed by atoms with van der Waals surface area (Å²) in [4.78, 5) is 4.08. The fourth-order valence-electron chi connectivity index (χ4n) is 1.59. The highest BCUT2D eigenvalue weighted by atomic mass is 79.9. The zero-order valence-corrected chi connectivity index (χ0v) is 10.9. The van der Waals surface area contributed by atoms with Crippen LogP contribution in [0.25, 0.3) is 5.65 Å². The molecule has 3 rings (SSSR count). The van der Waals surface area contributed by atoms with Crippen molar-refractivity contribution in [2.45, 2.75) is 6.54 Å². The molecule has 90 valence electrons. The molecule has 0 aliphatic rings. The van der Waals surface area contributed by atoms with E-state index in [1.807, 2.05) is 24.3 Å².